The summed E-state index contributed by atoms with van der Waals surface area (Å²) in [5, 5.41) is 9.09. The Kier molecular flexibility index (Phi) is 7.20. The molecule has 5 heteroatoms. The van der Waals surface area contributed by atoms with Crippen LogP contribution in [0.15, 0.2) is 195 Å². The van der Waals surface area contributed by atoms with E-state index in [0.717, 1.165) is 88.7 Å². The molecule has 4 heterocycles. The molecule has 0 saturated carbocycles. The molecule has 5 nitrogen and oxygen atoms in total. The summed E-state index contributed by atoms with van der Waals surface area (Å²) in [4.78, 5) is 11.2. The highest BCUT2D eigenvalue weighted by atomic mass is 16.3. The SMILES string of the molecule is CC1C/C=C(\c2c(-n3c4ccccc4c4cc5ccccc5cc43)ccc3oc4ccccc4c23)N=C(c2ccccc2)N=C1c1cccc2c1oc1ccccc12. The summed E-state index contributed by atoms with van der Waals surface area (Å²) in [7, 11) is 0. The third kappa shape index (κ3) is 4.96. The van der Waals surface area contributed by atoms with Crippen LogP contribution in [0.25, 0.3) is 87.8 Å². The van der Waals surface area contributed by atoms with E-state index in [1.165, 1.54) is 21.5 Å². The predicted molar refractivity (Wildman–Crippen MR) is 241 cm³/mol. The van der Waals surface area contributed by atoms with Gasteiger partial charge in [0.1, 0.15) is 22.3 Å². The number of para-hydroxylation sites is 4. The number of furan rings is 2. The molecule has 0 radical (unpaired) electrons. The van der Waals surface area contributed by atoms with Gasteiger partial charge in [0.15, 0.2) is 5.84 Å². The van der Waals surface area contributed by atoms with Crippen LogP contribution in [0.5, 0.6) is 0 Å². The minimum Gasteiger partial charge on any atom is -0.456 e. The number of aliphatic imine (C=N–C) groups is 2. The minimum atomic E-state index is 0.0337. The van der Waals surface area contributed by atoms with E-state index in [2.05, 4.69) is 157 Å². The van der Waals surface area contributed by atoms with Crippen molar-refractivity contribution < 1.29 is 8.83 Å². The number of nitrogens with zero attached hydrogens (tertiary/aromatic N) is 3. The Morgan fingerprint density at radius 3 is 2.07 bits per heavy atom. The van der Waals surface area contributed by atoms with Gasteiger partial charge in [0.2, 0.25) is 0 Å². The molecule has 274 valence electrons. The van der Waals surface area contributed by atoms with Crippen molar-refractivity contribution in [3.8, 4) is 5.69 Å². The van der Waals surface area contributed by atoms with Crippen molar-refractivity contribution in [2.45, 2.75) is 13.3 Å². The molecule has 0 amide bonds. The standard InChI is InChI=1S/C53H35N3O2/c1-32-26-27-42(54-53(33-14-3-2-4-15-33)55-51(32)40-22-13-21-38-37-19-8-11-24-46(37)58-52(38)40)50-44(28-29-48-49(50)39-20-9-12-25-47(39)57-48)56-43-23-10-7-18-36(43)41-30-34-16-5-6-17-35(34)31-45(41)56/h2-25,27-32H,26H2,1H3/b42-27+,54-53?,55-51?. The second kappa shape index (κ2) is 12.8. The average Bonchev–Trinajstić information content (AvgIpc) is 3.94. The fourth-order valence-electron chi connectivity index (χ4n) is 9.12. The Balaban J connectivity index is 1.17. The Hall–Kier alpha value is -7.50. The van der Waals surface area contributed by atoms with Crippen LogP contribution in [0.2, 0.25) is 0 Å². The molecule has 0 N–H and O–H groups in total. The van der Waals surface area contributed by atoms with Crippen LogP contribution in [0.3, 0.4) is 0 Å². The van der Waals surface area contributed by atoms with Crippen molar-refractivity contribution in [1.29, 1.82) is 0 Å². The summed E-state index contributed by atoms with van der Waals surface area (Å²) in [5.74, 6) is 0.678. The van der Waals surface area contributed by atoms with Crippen LogP contribution in [-0.4, -0.2) is 16.1 Å². The maximum atomic E-state index is 6.60. The number of hydrogen-bond acceptors (Lipinski definition) is 4. The van der Waals surface area contributed by atoms with E-state index in [1.807, 2.05) is 30.3 Å². The molecular weight excluding hydrogens is 711 g/mol. The normalized spacial score (nSPS) is 15.9. The van der Waals surface area contributed by atoms with Gasteiger partial charge in [-0.25, -0.2) is 9.98 Å². The zero-order valence-electron chi connectivity index (χ0n) is 31.7. The van der Waals surface area contributed by atoms with Crippen molar-refractivity contribution >= 4 is 93.7 Å². The smallest absolute Gasteiger partial charge is 0.160 e. The summed E-state index contributed by atoms with van der Waals surface area (Å²) in [6, 6.07) is 59.6. The highest BCUT2D eigenvalue weighted by molar-refractivity contribution is 6.22. The van der Waals surface area contributed by atoms with Gasteiger partial charge in [0.05, 0.1) is 28.1 Å². The molecule has 8 aromatic carbocycles. The zero-order valence-corrected chi connectivity index (χ0v) is 31.7. The van der Waals surface area contributed by atoms with Gasteiger partial charge in [-0.15, -0.1) is 0 Å². The molecule has 12 rings (SSSR count). The minimum absolute atomic E-state index is 0.0337. The lowest BCUT2D eigenvalue weighted by Crippen LogP contribution is -2.17. The Morgan fingerprint density at radius 1 is 0.534 bits per heavy atom. The zero-order chi connectivity index (χ0) is 38.3. The van der Waals surface area contributed by atoms with Gasteiger partial charge < -0.3 is 13.4 Å². The molecule has 3 aromatic heterocycles. The average molecular weight is 746 g/mol. The summed E-state index contributed by atoms with van der Waals surface area (Å²) < 4.78 is 15.6. The monoisotopic (exact) mass is 745 g/mol. The van der Waals surface area contributed by atoms with Gasteiger partial charge in [0, 0.05) is 54.9 Å². The largest absolute Gasteiger partial charge is 0.456 e. The van der Waals surface area contributed by atoms with Crippen LogP contribution in [0.1, 0.15) is 30.0 Å². The van der Waals surface area contributed by atoms with Crippen molar-refractivity contribution in [1.82, 2.24) is 4.57 Å². The van der Waals surface area contributed by atoms with E-state index in [1.54, 1.807) is 0 Å². The molecule has 0 aliphatic carbocycles. The fourth-order valence-corrected chi connectivity index (χ4v) is 9.12. The molecule has 0 spiro atoms. The first-order valence-corrected chi connectivity index (χ1v) is 19.9. The van der Waals surface area contributed by atoms with Gasteiger partial charge in [0.25, 0.3) is 0 Å². The summed E-state index contributed by atoms with van der Waals surface area (Å²) in [5.41, 5.74) is 11.4. The molecule has 0 saturated heterocycles. The topological polar surface area (TPSA) is 55.9 Å². The molecule has 1 aliphatic rings. The van der Waals surface area contributed by atoms with Gasteiger partial charge in [-0.1, -0.05) is 134 Å². The molecule has 1 aliphatic heterocycles. The molecule has 1 unspecified atom stereocenters. The van der Waals surface area contributed by atoms with Crippen LogP contribution in [0, 0.1) is 5.92 Å². The summed E-state index contributed by atoms with van der Waals surface area (Å²) in [6.45, 7) is 2.26. The first-order chi connectivity index (χ1) is 28.7. The molecule has 11 aromatic rings. The quantitative estimate of drug-likeness (QED) is 0.180. The first kappa shape index (κ1) is 32.7. The predicted octanol–water partition coefficient (Wildman–Crippen LogP) is 14.1. The van der Waals surface area contributed by atoms with Crippen LogP contribution in [-0.2, 0) is 0 Å². The Labute approximate surface area is 333 Å². The van der Waals surface area contributed by atoms with E-state index in [9.17, 15) is 0 Å². The highest BCUT2D eigenvalue weighted by Crippen LogP contribution is 2.43. The third-order valence-electron chi connectivity index (χ3n) is 11.9. The summed E-state index contributed by atoms with van der Waals surface area (Å²) in [6.07, 6.45) is 3.02. The molecule has 1 atom stereocenters. The number of allylic oxidation sites excluding steroid dienone is 1. The number of amidine groups is 1. The maximum absolute atomic E-state index is 6.60. The molecule has 0 bridgehead atoms. The van der Waals surface area contributed by atoms with Crippen molar-refractivity contribution in [3.63, 3.8) is 0 Å². The Bertz CT molecular complexity index is 3560. The summed E-state index contributed by atoms with van der Waals surface area (Å²) >= 11 is 0. The van der Waals surface area contributed by atoms with Crippen molar-refractivity contribution in [2.24, 2.45) is 15.9 Å². The number of rotatable bonds is 4. The van der Waals surface area contributed by atoms with Crippen LogP contribution >= 0.6 is 0 Å². The Morgan fingerprint density at radius 2 is 1.22 bits per heavy atom. The van der Waals surface area contributed by atoms with E-state index in [0.29, 0.717) is 12.3 Å². The number of aromatic nitrogens is 1. The van der Waals surface area contributed by atoms with Gasteiger partial charge >= 0.3 is 0 Å². The second-order valence-electron chi connectivity index (χ2n) is 15.3. The number of benzene rings is 8. The van der Waals surface area contributed by atoms with Crippen molar-refractivity contribution in [3.05, 3.63) is 193 Å². The highest BCUT2D eigenvalue weighted by Gasteiger charge is 2.26. The number of fused-ring (bicyclic) bond motifs is 10. The molecule has 0 fully saturated rings. The van der Waals surface area contributed by atoms with Gasteiger partial charge in [-0.2, -0.15) is 0 Å². The lowest BCUT2D eigenvalue weighted by Gasteiger charge is -2.20. The van der Waals surface area contributed by atoms with E-state index < -0.39 is 0 Å². The molecule has 58 heavy (non-hydrogen) atoms. The van der Waals surface area contributed by atoms with E-state index in [4.69, 9.17) is 18.8 Å². The number of hydrogen-bond donors (Lipinski definition) is 0. The van der Waals surface area contributed by atoms with Gasteiger partial charge in [-0.05, 0) is 65.7 Å². The van der Waals surface area contributed by atoms with E-state index in [-0.39, 0.29) is 5.92 Å². The first-order valence-electron chi connectivity index (χ1n) is 19.9. The van der Waals surface area contributed by atoms with Gasteiger partial charge in [-0.3, -0.25) is 0 Å². The van der Waals surface area contributed by atoms with Crippen LogP contribution < -0.4 is 0 Å². The maximum Gasteiger partial charge on any atom is 0.160 e. The lowest BCUT2D eigenvalue weighted by atomic mass is 9.91. The van der Waals surface area contributed by atoms with E-state index >= 15 is 0 Å². The lowest BCUT2D eigenvalue weighted by molar-refractivity contribution is 0.666. The second-order valence-corrected chi connectivity index (χ2v) is 15.3. The third-order valence-corrected chi connectivity index (χ3v) is 11.9. The van der Waals surface area contributed by atoms with Crippen molar-refractivity contribution in [2.75, 3.05) is 0 Å². The molecular formula is C53H35N3O2. The fraction of sp³-hybridized carbons (Fsp3) is 0.0566. The van der Waals surface area contributed by atoms with Crippen LogP contribution in [0.4, 0.5) is 0 Å².